The molecule has 0 fully saturated rings. The van der Waals surface area contributed by atoms with Crippen molar-refractivity contribution in [3.05, 3.63) is 21.7 Å². The van der Waals surface area contributed by atoms with Gasteiger partial charge in [-0.3, -0.25) is 0 Å². The Labute approximate surface area is 105 Å². The standard InChI is InChI=1S/C11H16N2OS2/c1-4-14-11(2,3)10-12-8-6-16-5-7(8)9(15)13-10/h4-6H2,1-3H3,(H,12,13,15). The van der Waals surface area contributed by atoms with E-state index in [0.717, 1.165) is 22.0 Å². The molecule has 0 radical (unpaired) electrons. The van der Waals surface area contributed by atoms with Gasteiger partial charge in [-0.05, 0) is 20.8 Å². The first-order valence-electron chi connectivity index (χ1n) is 5.39. The maximum atomic E-state index is 5.68. The summed E-state index contributed by atoms with van der Waals surface area (Å²) >= 11 is 7.19. The van der Waals surface area contributed by atoms with Crippen LogP contribution in [-0.2, 0) is 21.8 Å². The molecule has 0 spiro atoms. The van der Waals surface area contributed by atoms with Crippen molar-refractivity contribution in [3.8, 4) is 0 Å². The lowest BCUT2D eigenvalue weighted by atomic mass is 10.1. The minimum absolute atomic E-state index is 0.398. The maximum absolute atomic E-state index is 5.68. The lowest BCUT2D eigenvalue weighted by Gasteiger charge is -2.24. The predicted octanol–water partition coefficient (Wildman–Crippen LogP) is 3.16. The molecule has 2 heterocycles. The number of fused-ring (bicyclic) bond motifs is 1. The van der Waals surface area contributed by atoms with Gasteiger partial charge in [-0.15, -0.1) is 0 Å². The topological polar surface area (TPSA) is 37.9 Å². The van der Waals surface area contributed by atoms with E-state index in [1.807, 2.05) is 32.5 Å². The highest BCUT2D eigenvalue weighted by Crippen LogP contribution is 2.31. The molecule has 1 aliphatic rings. The maximum Gasteiger partial charge on any atom is 0.139 e. The highest BCUT2D eigenvalue weighted by Gasteiger charge is 2.26. The molecule has 1 aromatic heterocycles. The van der Waals surface area contributed by atoms with Crippen LogP contribution in [0, 0.1) is 4.64 Å². The molecule has 0 unspecified atom stereocenters. The van der Waals surface area contributed by atoms with Crippen molar-refractivity contribution in [3.63, 3.8) is 0 Å². The van der Waals surface area contributed by atoms with Crippen molar-refractivity contribution in [1.29, 1.82) is 0 Å². The van der Waals surface area contributed by atoms with Gasteiger partial charge < -0.3 is 9.72 Å². The van der Waals surface area contributed by atoms with Gasteiger partial charge in [0.1, 0.15) is 16.1 Å². The van der Waals surface area contributed by atoms with Crippen LogP contribution < -0.4 is 0 Å². The van der Waals surface area contributed by atoms with E-state index in [0.29, 0.717) is 6.61 Å². The third-order valence-electron chi connectivity index (χ3n) is 2.67. The van der Waals surface area contributed by atoms with Gasteiger partial charge in [0.05, 0.1) is 0 Å². The second kappa shape index (κ2) is 4.47. The van der Waals surface area contributed by atoms with E-state index in [1.165, 1.54) is 11.3 Å². The molecule has 16 heavy (non-hydrogen) atoms. The first-order valence-corrected chi connectivity index (χ1v) is 6.95. The number of thioether (sulfide) groups is 1. The molecule has 0 saturated carbocycles. The van der Waals surface area contributed by atoms with Gasteiger partial charge in [0, 0.05) is 29.4 Å². The molecule has 0 amide bonds. The summed E-state index contributed by atoms with van der Waals surface area (Å²) in [5, 5.41) is 0. The van der Waals surface area contributed by atoms with Gasteiger partial charge in [0.2, 0.25) is 0 Å². The first kappa shape index (κ1) is 12.1. The number of nitrogens with zero attached hydrogens (tertiary/aromatic N) is 1. The number of H-pyrrole nitrogens is 1. The molecule has 0 aromatic carbocycles. The lowest BCUT2D eigenvalue weighted by Crippen LogP contribution is -2.25. The monoisotopic (exact) mass is 256 g/mol. The first-order chi connectivity index (χ1) is 7.54. The molecule has 0 atom stereocenters. The summed E-state index contributed by atoms with van der Waals surface area (Å²) in [5.41, 5.74) is 2.01. The quantitative estimate of drug-likeness (QED) is 0.843. The van der Waals surface area contributed by atoms with E-state index in [2.05, 4.69) is 9.97 Å². The number of hydrogen-bond donors (Lipinski definition) is 1. The Morgan fingerprint density at radius 1 is 1.50 bits per heavy atom. The average Bonchev–Trinajstić information content (AvgIpc) is 2.65. The van der Waals surface area contributed by atoms with E-state index in [9.17, 15) is 0 Å². The Morgan fingerprint density at radius 2 is 2.25 bits per heavy atom. The molecule has 1 aliphatic heterocycles. The van der Waals surface area contributed by atoms with Gasteiger partial charge in [0.25, 0.3) is 0 Å². The summed E-state index contributed by atoms with van der Waals surface area (Å²) in [6.45, 7) is 6.68. The zero-order valence-electron chi connectivity index (χ0n) is 9.79. The number of nitrogens with one attached hydrogen (secondary N) is 1. The number of aromatic amines is 1. The van der Waals surface area contributed by atoms with Crippen LogP contribution in [0.4, 0.5) is 0 Å². The van der Waals surface area contributed by atoms with Crippen molar-refractivity contribution < 1.29 is 4.74 Å². The molecule has 0 bridgehead atoms. The van der Waals surface area contributed by atoms with E-state index < -0.39 is 5.60 Å². The van der Waals surface area contributed by atoms with Gasteiger partial charge in [-0.25, -0.2) is 4.98 Å². The summed E-state index contributed by atoms with van der Waals surface area (Å²) in [6.07, 6.45) is 0. The third-order valence-corrected chi connectivity index (χ3v) is 4.00. The molecular formula is C11H16N2OS2. The van der Waals surface area contributed by atoms with Crippen molar-refractivity contribution in [2.45, 2.75) is 37.9 Å². The van der Waals surface area contributed by atoms with Gasteiger partial charge in [-0.2, -0.15) is 11.8 Å². The second-order valence-electron chi connectivity index (χ2n) is 4.28. The fourth-order valence-electron chi connectivity index (χ4n) is 1.79. The smallest absolute Gasteiger partial charge is 0.139 e. The van der Waals surface area contributed by atoms with E-state index in [1.54, 1.807) is 0 Å². The summed E-state index contributed by atoms with van der Waals surface area (Å²) in [5.74, 6) is 2.81. The Bertz CT molecular complexity index is 454. The molecular weight excluding hydrogens is 240 g/mol. The Kier molecular flexibility index (Phi) is 3.37. The minimum Gasteiger partial charge on any atom is -0.368 e. The highest BCUT2D eigenvalue weighted by atomic mass is 32.2. The van der Waals surface area contributed by atoms with Crippen molar-refractivity contribution in [2.24, 2.45) is 0 Å². The van der Waals surface area contributed by atoms with E-state index in [-0.39, 0.29) is 0 Å². The van der Waals surface area contributed by atoms with Gasteiger partial charge in [0.15, 0.2) is 0 Å². The average molecular weight is 256 g/mol. The second-order valence-corrected chi connectivity index (χ2v) is 5.66. The largest absolute Gasteiger partial charge is 0.368 e. The number of aromatic nitrogens is 2. The summed E-state index contributed by atoms with van der Waals surface area (Å²) in [4.78, 5) is 7.82. The molecule has 3 nitrogen and oxygen atoms in total. The Hall–Kier alpha value is -0.390. The van der Waals surface area contributed by atoms with Crippen LogP contribution in [0.25, 0.3) is 0 Å². The van der Waals surface area contributed by atoms with Crippen LogP contribution in [-0.4, -0.2) is 16.6 Å². The number of rotatable bonds is 3. The van der Waals surface area contributed by atoms with Crippen LogP contribution in [0.3, 0.4) is 0 Å². The summed E-state index contributed by atoms with van der Waals surface area (Å²) in [6, 6.07) is 0. The van der Waals surface area contributed by atoms with Crippen LogP contribution in [0.15, 0.2) is 0 Å². The lowest BCUT2D eigenvalue weighted by molar-refractivity contribution is -0.0210. The van der Waals surface area contributed by atoms with E-state index >= 15 is 0 Å². The van der Waals surface area contributed by atoms with Crippen LogP contribution in [0.1, 0.15) is 37.9 Å². The molecule has 5 heteroatoms. The van der Waals surface area contributed by atoms with Crippen molar-refractivity contribution >= 4 is 24.0 Å². The van der Waals surface area contributed by atoms with E-state index in [4.69, 9.17) is 17.0 Å². The van der Waals surface area contributed by atoms with Crippen LogP contribution >= 0.6 is 24.0 Å². The van der Waals surface area contributed by atoms with Crippen LogP contribution in [0.5, 0.6) is 0 Å². The van der Waals surface area contributed by atoms with Gasteiger partial charge in [-0.1, -0.05) is 12.2 Å². The van der Waals surface area contributed by atoms with Crippen LogP contribution in [0.2, 0.25) is 0 Å². The molecule has 2 rings (SSSR count). The fourth-order valence-corrected chi connectivity index (χ4v) is 3.23. The Morgan fingerprint density at radius 3 is 2.94 bits per heavy atom. The molecule has 88 valence electrons. The SMILES string of the molecule is CCOC(C)(C)c1nc(=S)c2c([nH]1)CSC2. The number of hydrogen-bond acceptors (Lipinski definition) is 4. The summed E-state index contributed by atoms with van der Waals surface area (Å²) in [7, 11) is 0. The summed E-state index contributed by atoms with van der Waals surface area (Å²) < 4.78 is 6.41. The van der Waals surface area contributed by atoms with Crippen molar-refractivity contribution in [2.75, 3.05) is 6.61 Å². The zero-order valence-corrected chi connectivity index (χ0v) is 11.4. The fraction of sp³-hybridized carbons (Fsp3) is 0.636. The number of ether oxygens (including phenoxy) is 1. The molecule has 0 aliphatic carbocycles. The van der Waals surface area contributed by atoms with Crippen molar-refractivity contribution in [1.82, 2.24) is 9.97 Å². The molecule has 1 N–H and O–H groups in total. The third kappa shape index (κ3) is 2.17. The highest BCUT2D eigenvalue weighted by molar-refractivity contribution is 7.98. The predicted molar refractivity (Wildman–Crippen MR) is 69.1 cm³/mol. The van der Waals surface area contributed by atoms with Gasteiger partial charge >= 0.3 is 0 Å². The Balaban J connectivity index is 2.44. The molecule has 1 aromatic rings. The minimum atomic E-state index is -0.398. The molecule has 0 saturated heterocycles. The normalized spacial score (nSPS) is 15.2. The zero-order chi connectivity index (χ0) is 11.8.